The zero-order chi connectivity index (χ0) is 14.7. The van der Waals surface area contributed by atoms with Crippen molar-refractivity contribution < 1.29 is 4.79 Å². The van der Waals surface area contributed by atoms with Gasteiger partial charge in [0.2, 0.25) is 5.91 Å². The number of aromatic nitrogens is 1. The van der Waals surface area contributed by atoms with E-state index in [1.807, 2.05) is 36.4 Å². The molecule has 4 heteroatoms. The second kappa shape index (κ2) is 6.22. The fourth-order valence-electron chi connectivity index (χ4n) is 2.48. The Balaban J connectivity index is 1.64. The molecule has 2 aromatic rings. The zero-order valence-electron chi connectivity index (χ0n) is 12.0. The lowest BCUT2D eigenvalue weighted by Crippen LogP contribution is -2.09. The van der Waals surface area contributed by atoms with Crippen LogP contribution in [-0.2, 0) is 17.6 Å². The van der Waals surface area contributed by atoms with Gasteiger partial charge in [0, 0.05) is 11.0 Å². The quantitative estimate of drug-likeness (QED) is 0.873. The van der Waals surface area contributed by atoms with Crippen LogP contribution in [0.5, 0.6) is 0 Å². The molecule has 1 aliphatic rings. The molecule has 0 spiro atoms. The average molecular weight is 298 g/mol. The van der Waals surface area contributed by atoms with Gasteiger partial charge in [-0.1, -0.05) is 37.3 Å². The summed E-state index contributed by atoms with van der Waals surface area (Å²) in [6, 6.07) is 9.79. The van der Waals surface area contributed by atoms with Gasteiger partial charge in [0.05, 0.1) is 5.69 Å². The third kappa shape index (κ3) is 3.58. The van der Waals surface area contributed by atoms with E-state index in [1.54, 1.807) is 17.4 Å². The van der Waals surface area contributed by atoms with E-state index in [2.05, 4.69) is 17.2 Å². The number of hydrogen-bond acceptors (Lipinski definition) is 3. The number of carbonyl (C=O) groups is 1. The smallest absolute Gasteiger partial charge is 0.250 e. The van der Waals surface area contributed by atoms with Crippen molar-refractivity contribution in [3.8, 4) is 0 Å². The number of hydrogen-bond donors (Lipinski definition) is 1. The predicted octanol–water partition coefficient (Wildman–Crippen LogP) is 3.92. The molecule has 1 aliphatic carbocycles. The van der Waals surface area contributed by atoms with Crippen molar-refractivity contribution in [2.75, 3.05) is 5.32 Å². The lowest BCUT2D eigenvalue weighted by molar-refractivity contribution is -0.111. The Hall–Kier alpha value is -1.94. The highest BCUT2D eigenvalue weighted by Gasteiger charge is 2.20. The van der Waals surface area contributed by atoms with E-state index in [0.717, 1.165) is 29.5 Å². The normalized spacial score (nSPS) is 17.7. The van der Waals surface area contributed by atoms with Crippen molar-refractivity contribution in [1.82, 2.24) is 4.98 Å². The summed E-state index contributed by atoms with van der Waals surface area (Å²) in [7, 11) is 0. The molecule has 0 saturated carbocycles. The minimum absolute atomic E-state index is 0.127. The van der Waals surface area contributed by atoms with Crippen LogP contribution < -0.4 is 5.32 Å². The molecule has 0 saturated heterocycles. The summed E-state index contributed by atoms with van der Waals surface area (Å²) in [5.74, 6) is 0.595. The summed E-state index contributed by atoms with van der Waals surface area (Å²) in [6.45, 7) is 2.27. The van der Waals surface area contributed by atoms with Crippen LogP contribution in [-0.4, -0.2) is 10.9 Å². The van der Waals surface area contributed by atoms with Crippen molar-refractivity contribution >= 4 is 28.5 Å². The highest BCUT2D eigenvalue weighted by Crippen LogP contribution is 2.32. The summed E-state index contributed by atoms with van der Waals surface area (Å²) in [6.07, 6.45) is 6.67. The Bertz CT molecular complexity index is 661. The van der Waals surface area contributed by atoms with E-state index in [4.69, 9.17) is 0 Å². The first-order chi connectivity index (χ1) is 10.2. The number of rotatable bonds is 3. The fraction of sp³-hybridized carbons (Fsp3) is 0.294. The highest BCUT2D eigenvalue weighted by molar-refractivity contribution is 7.15. The lowest BCUT2D eigenvalue weighted by Gasteiger charge is -2.15. The zero-order valence-corrected chi connectivity index (χ0v) is 12.8. The molecular weight excluding hydrogens is 280 g/mol. The third-order valence-electron chi connectivity index (χ3n) is 3.64. The Kier molecular flexibility index (Phi) is 4.15. The SMILES string of the molecule is C[C@@H]1CCc2nc(NC(=O)C=Cc3ccccc3)sc2C1. The fourth-order valence-corrected chi connectivity index (χ4v) is 3.65. The summed E-state index contributed by atoms with van der Waals surface area (Å²) < 4.78 is 0. The first kappa shape index (κ1) is 14.0. The van der Waals surface area contributed by atoms with Gasteiger partial charge in [-0.2, -0.15) is 0 Å². The average Bonchev–Trinajstić information content (AvgIpc) is 2.87. The summed E-state index contributed by atoms with van der Waals surface area (Å²) in [5.41, 5.74) is 2.18. The minimum atomic E-state index is -0.127. The summed E-state index contributed by atoms with van der Waals surface area (Å²) >= 11 is 1.61. The molecule has 0 aliphatic heterocycles. The molecule has 3 nitrogen and oxygen atoms in total. The number of nitrogens with one attached hydrogen (secondary N) is 1. The maximum Gasteiger partial charge on any atom is 0.250 e. The van der Waals surface area contributed by atoms with Gasteiger partial charge in [-0.25, -0.2) is 4.98 Å². The van der Waals surface area contributed by atoms with Gasteiger partial charge in [-0.15, -0.1) is 11.3 Å². The second-order valence-corrected chi connectivity index (χ2v) is 6.55. The molecule has 0 bridgehead atoms. The van der Waals surface area contributed by atoms with Crippen LogP contribution in [0, 0.1) is 5.92 Å². The first-order valence-corrected chi connectivity index (χ1v) is 8.05. The number of carbonyl (C=O) groups excluding carboxylic acids is 1. The molecule has 0 unspecified atom stereocenters. The van der Waals surface area contributed by atoms with Crippen LogP contribution in [0.2, 0.25) is 0 Å². The molecule has 0 radical (unpaired) electrons. The Morgan fingerprint density at radius 3 is 3.00 bits per heavy atom. The molecule has 1 N–H and O–H groups in total. The number of thiazole rings is 1. The Labute approximate surface area is 128 Å². The van der Waals surface area contributed by atoms with E-state index in [-0.39, 0.29) is 5.91 Å². The second-order valence-electron chi connectivity index (χ2n) is 5.47. The van der Waals surface area contributed by atoms with Gasteiger partial charge < -0.3 is 0 Å². The molecule has 1 heterocycles. The molecular formula is C17H18N2OS. The highest BCUT2D eigenvalue weighted by atomic mass is 32.1. The van der Waals surface area contributed by atoms with Crippen LogP contribution in [0.25, 0.3) is 6.08 Å². The summed E-state index contributed by atoms with van der Waals surface area (Å²) in [4.78, 5) is 17.8. The van der Waals surface area contributed by atoms with E-state index < -0.39 is 0 Å². The number of benzene rings is 1. The molecule has 3 rings (SSSR count). The number of fused-ring (bicyclic) bond motifs is 1. The Morgan fingerprint density at radius 1 is 1.38 bits per heavy atom. The number of anilines is 1. The first-order valence-electron chi connectivity index (χ1n) is 7.23. The van der Waals surface area contributed by atoms with Crippen molar-refractivity contribution in [3.05, 3.63) is 52.5 Å². The molecule has 1 aromatic carbocycles. The van der Waals surface area contributed by atoms with Crippen molar-refractivity contribution in [3.63, 3.8) is 0 Å². The van der Waals surface area contributed by atoms with Crippen molar-refractivity contribution in [1.29, 1.82) is 0 Å². The number of nitrogens with zero attached hydrogens (tertiary/aromatic N) is 1. The van der Waals surface area contributed by atoms with Gasteiger partial charge in [-0.05, 0) is 36.8 Å². The standard InChI is InChI=1S/C17H18N2OS/c1-12-7-9-14-15(11-12)21-17(18-14)19-16(20)10-8-13-5-3-2-4-6-13/h2-6,8,10,12H,7,9,11H2,1H3,(H,18,19,20)/t12-/m1/s1. The van der Waals surface area contributed by atoms with Crippen LogP contribution in [0.1, 0.15) is 29.5 Å². The molecule has 1 amide bonds. The van der Waals surface area contributed by atoms with E-state index in [9.17, 15) is 4.79 Å². The van der Waals surface area contributed by atoms with Gasteiger partial charge in [0.1, 0.15) is 0 Å². The van der Waals surface area contributed by atoms with Crippen molar-refractivity contribution in [2.45, 2.75) is 26.2 Å². The third-order valence-corrected chi connectivity index (χ3v) is 4.68. The maximum atomic E-state index is 11.9. The Morgan fingerprint density at radius 2 is 2.19 bits per heavy atom. The molecule has 0 fully saturated rings. The largest absolute Gasteiger partial charge is 0.298 e. The summed E-state index contributed by atoms with van der Waals surface area (Å²) in [5, 5.41) is 3.59. The van der Waals surface area contributed by atoms with Crippen LogP contribution in [0.3, 0.4) is 0 Å². The topological polar surface area (TPSA) is 42.0 Å². The monoisotopic (exact) mass is 298 g/mol. The van der Waals surface area contributed by atoms with E-state index in [1.165, 1.54) is 17.0 Å². The van der Waals surface area contributed by atoms with Crippen LogP contribution in [0.15, 0.2) is 36.4 Å². The lowest BCUT2D eigenvalue weighted by atomic mass is 9.93. The van der Waals surface area contributed by atoms with Gasteiger partial charge in [-0.3, -0.25) is 10.1 Å². The van der Waals surface area contributed by atoms with Gasteiger partial charge >= 0.3 is 0 Å². The number of aryl methyl sites for hydroxylation is 1. The van der Waals surface area contributed by atoms with Gasteiger partial charge in [0.15, 0.2) is 5.13 Å². The molecule has 1 aromatic heterocycles. The van der Waals surface area contributed by atoms with E-state index in [0.29, 0.717) is 0 Å². The van der Waals surface area contributed by atoms with Crippen LogP contribution >= 0.6 is 11.3 Å². The minimum Gasteiger partial charge on any atom is -0.298 e. The van der Waals surface area contributed by atoms with Crippen molar-refractivity contribution in [2.24, 2.45) is 5.92 Å². The van der Waals surface area contributed by atoms with Gasteiger partial charge in [0.25, 0.3) is 0 Å². The maximum absolute atomic E-state index is 11.9. The van der Waals surface area contributed by atoms with Crippen LogP contribution in [0.4, 0.5) is 5.13 Å². The predicted molar refractivity (Wildman–Crippen MR) is 87.4 cm³/mol. The van der Waals surface area contributed by atoms with E-state index >= 15 is 0 Å². The molecule has 1 atom stereocenters. The molecule has 21 heavy (non-hydrogen) atoms. The number of amides is 1. The molecule has 108 valence electrons.